The molecule has 14 rings (SSSR count). The molecule has 0 N–H and O–H groups in total. The number of benzene rings is 10. The van der Waals surface area contributed by atoms with Crippen LogP contribution in [-0.4, -0.2) is 0 Å². The number of para-hydroxylation sites is 1. The van der Waals surface area contributed by atoms with E-state index >= 15 is 0 Å². The van der Waals surface area contributed by atoms with Gasteiger partial charge >= 0.3 is 0 Å². The molecule has 1 spiro atoms. The third-order valence-electron chi connectivity index (χ3n) is 15.6. The first kappa shape index (κ1) is 38.1. The Kier molecular flexibility index (Phi) is 7.91. The molecule has 4 aliphatic rings. The Morgan fingerprint density at radius 3 is 1.30 bits per heavy atom. The molecule has 0 amide bonds. The lowest BCUT2D eigenvalue weighted by molar-refractivity contribution is 0.418. The highest BCUT2D eigenvalue weighted by Gasteiger charge is 2.52. The van der Waals surface area contributed by atoms with Crippen LogP contribution in [0.3, 0.4) is 0 Å². The van der Waals surface area contributed by atoms with E-state index in [0.29, 0.717) is 0 Å². The van der Waals surface area contributed by atoms with Crippen molar-refractivity contribution in [3.05, 3.63) is 292 Å². The third-order valence-corrected chi connectivity index (χ3v) is 15.6. The summed E-state index contributed by atoms with van der Waals surface area (Å²) in [5, 5.41) is 0. The predicted octanol–water partition coefficient (Wildman–Crippen LogP) is 16.3. The SMILES string of the molecule is CC1(C)c2ccccc2Oc2cccc(N(c3ccc(C4(c5ccccc5)c5ccccc5-c5ccccc54)cc3)c3ccc4c(c3)-c3ccccc3C43c4ccccc4-c4ccccc43)c21. The van der Waals surface area contributed by atoms with Crippen molar-refractivity contribution in [2.24, 2.45) is 0 Å². The van der Waals surface area contributed by atoms with Gasteiger partial charge in [0.05, 0.1) is 16.5 Å². The van der Waals surface area contributed by atoms with Crippen LogP contribution >= 0.6 is 0 Å². The molecule has 0 bridgehead atoms. The quantitative estimate of drug-likeness (QED) is 0.171. The Balaban J connectivity index is 1.01. The molecule has 10 aromatic carbocycles. The number of nitrogens with zero attached hydrogens (tertiary/aromatic N) is 1. The van der Waals surface area contributed by atoms with E-state index in [9.17, 15) is 0 Å². The monoisotopic (exact) mass is 855 g/mol. The van der Waals surface area contributed by atoms with E-state index in [1.807, 2.05) is 0 Å². The van der Waals surface area contributed by atoms with Gasteiger partial charge in [-0.05, 0) is 120 Å². The first-order valence-electron chi connectivity index (χ1n) is 23.5. The van der Waals surface area contributed by atoms with E-state index in [-0.39, 0.29) is 5.41 Å². The third kappa shape index (κ3) is 4.94. The molecule has 67 heavy (non-hydrogen) atoms. The summed E-state index contributed by atoms with van der Waals surface area (Å²) in [5.41, 5.74) is 22.5. The zero-order valence-electron chi connectivity index (χ0n) is 37.4. The number of hydrogen-bond donors (Lipinski definition) is 0. The van der Waals surface area contributed by atoms with E-state index in [4.69, 9.17) is 4.74 Å². The number of hydrogen-bond acceptors (Lipinski definition) is 2. The minimum atomic E-state index is -0.497. The molecule has 2 nitrogen and oxygen atoms in total. The highest BCUT2D eigenvalue weighted by molar-refractivity contribution is 5.97. The minimum absolute atomic E-state index is 0.363. The van der Waals surface area contributed by atoms with E-state index < -0.39 is 10.8 Å². The van der Waals surface area contributed by atoms with E-state index in [0.717, 1.165) is 34.1 Å². The lowest BCUT2D eigenvalue weighted by Gasteiger charge is -2.39. The fourth-order valence-electron chi connectivity index (χ4n) is 13.0. The van der Waals surface area contributed by atoms with Crippen LogP contribution in [0.5, 0.6) is 11.5 Å². The number of anilines is 3. The van der Waals surface area contributed by atoms with Crippen LogP contribution < -0.4 is 9.64 Å². The zero-order valence-corrected chi connectivity index (χ0v) is 37.4. The Morgan fingerprint density at radius 2 is 0.731 bits per heavy atom. The maximum atomic E-state index is 6.81. The Hall–Kier alpha value is -8.20. The van der Waals surface area contributed by atoms with Crippen molar-refractivity contribution in [2.75, 3.05) is 4.90 Å². The second-order valence-corrected chi connectivity index (χ2v) is 19.1. The highest BCUT2D eigenvalue weighted by Crippen LogP contribution is 2.64. The highest BCUT2D eigenvalue weighted by atomic mass is 16.5. The number of ether oxygens (including phenoxy) is 1. The van der Waals surface area contributed by atoms with Gasteiger partial charge in [0.1, 0.15) is 11.5 Å². The van der Waals surface area contributed by atoms with Crippen LogP contribution in [-0.2, 0) is 16.2 Å². The minimum Gasteiger partial charge on any atom is -0.457 e. The van der Waals surface area contributed by atoms with Crippen molar-refractivity contribution < 1.29 is 4.74 Å². The lowest BCUT2D eigenvalue weighted by Crippen LogP contribution is -2.29. The molecular weight excluding hydrogens is 811 g/mol. The van der Waals surface area contributed by atoms with Gasteiger partial charge in [-0.3, -0.25) is 0 Å². The van der Waals surface area contributed by atoms with Gasteiger partial charge in [0.15, 0.2) is 0 Å². The van der Waals surface area contributed by atoms with Gasteiger partial charge in [0, 0.05) is 27.9 Å². The van der Waals surface area contributed by atoms with Crippen molar-refractivity contribution in [1.82, 2.24) is 0 Å². The fraction of sp³-hybridized carbons (Fsp3) is 0.0769. The molecule has 316 valence electrons. The van der Waals surface area contributed by atoms with Gasteiger partial charge in [-0.15, -0.1) is 0 Å². The van der Waals surface area contributed by atoms with Gasteiger partial charge < -0.3 is 9.64 Å². The maximum absolute atomic E-state index is 6.81. The standard InChI is InChI=1S/C65H45NO/c1-63(2)58-31-16-17-33-60(58)67-61-34-18-32-59(62(61)63)66(44-37-35-43(36-38-44)64(42-19-4-3-5-20-42)52-26-11-6-21-46(52)47-22-7-12-27-53(47)64)45-39-40-57-51(41-45)50-25-10-15-30-56(50)65(57)54-28-13-8-23-48(54)49-24-9-14-29-55(49)65/h3-41H,1-2H3. The first-order valence-corrected chi connectivity index (χ1v) is 23.5. The van der Waals surface area contributed by atoms with Crippen molar-refractivity contribution >= 4 is 17.1 Å². The number of fused-ring (bicyclic) bond motifs is 15. The molecule has 0 aromatic heterocycles. The summed E-state index contributed by atoms with van der Waals surface area (Å²) in [6, 6.07) is 88.0. The van der Waals surface area contributed by atoms with Crippen LogP contribution in [0.15, 0.2) is 237 Å². The summed E-state index contributed by atoms with van der Waals surface area (Å²) in [4.78, 5) is 2.48. The molecule has 0 saturated heterocycles. The van der Waals surface area contributed by atoms with Crippen LogP contribution in [0.25, 0.3) is 33.4 Å². The maximum Gasteiger partial charge on any atom is 0.133 e. The lowest BCUT2D eigenvalue weighted by atomic mass is 9.67. The largest absolute Gasteiger partial charge is 0.457 e. The zero-order chi connectivity index (χ0) is 44.5. The van der Waals surface area contributed by atoms with E-state index in [1.165, 1.54) is 83.5 Å². The molecule has 0 unspecified atom stereocenters. The van der Waals surface area contributed by atoms with Crippen molar-refractivity contribution in [3.63, 3.8) is 0 Å². The van der Waals surface area contributed by atoms with Gasteiger partial charge in [0.25, 0.3) is 0 Å². The molecule has 0 saturated carbocycles. The Bertz CT molecular complexity index is 3560. The average molecular weight is 856 g/mol. The fourth-order valence-corrected chi connectivity index (χ4v) is 13.0. The molecule has 0 radical (unpaired) electrons. The van der Waals surface area contributed by atoms with Gasteiger partial charge in [0.2, 0.25) is 0 Å². The Morgan fingerprint density at radius 1 is 0.313 bits per heavy atom. The smallest absolute Gasteiger partial charge is 0.133 e. The molecule has 0 atom stereocenters. The second-order valence-electron chi connectivity index (χ2n) is 19.1. The average Bonchev–Trinajstić information content (AvgIpc) is 3.97. The second kappa shape index (κ2) is 13.9. The molecule has 2 heteroatoms. The summed E-state index contributed by atoms with van der Waals surface area (Å²) in [6.07, 6.45) is 0. The summed E-state index contributed by atoms with van der Waals surface area (Å²) in [7, 11) is 0. The normalized spacial score (nSPS) is 15.2. The topological polar surface area (TPSA) is 12.5 Å². The van der Waals surface area contributed by atoms with Crippen molar-refractivity contribution in [3.8, 4) is 44.9 Å². The van der Waals surface area contributed by atoms with Crippen LogP contribution in [0.1, 0.15) is 69.5 Å². The Labute approximate surface area is 392 Å². The van der Waals surface area contributed by atoms with Crippen molar-refractivity contribution in [1.29, 1.82) is 0 Å². The van der Waals surface area contributed by atoms with E-state index in [1.54, 1.807) is 0 Å². The predicted molar refractivity (Wildman–Crippen MR) is 273 cm³/mol. The van der Waals surface area contributed by atoms with Crippen molar-refractivity contribution in [2.45, 2.75) is 30.1 Å². The molecule has 1 heterocycles. The van der Waals surface area contributed by atoms with Crippen LogP contribution in [0.4, 0.5) is 17.1 Å². The van der Waals surface area contributed by atoms with Gasteiger partial charge in [-0.1, -0.05) is 208 Å². The summed E-state index contributed by atoms with van der Waals surface area (Å²) >= 11 is 0. The molecule has 1 aliphatic heterocycles. The molecule has 10 aromatic rings. The molecule has 0 fully saturated rings. The van der Waals surface area contributed by atoms with Gasteiger partial charge in [-0.2, -0.15) is 0 Å². The van der Waals surface area contributed by atoms with Crippen LogP contribution in [0.2, 0.25) is 0 Å². The molecule has 3 aliphatic carbocycles. The van der Waals surface area contributed by atoms with E-state index in [2.05, 4.69) is 255 Å². The summed E-state index contributed by atoms with van der Waals surface area (Å²) < 4.78 is 6.81. The summed E-state index contributed by atoms with van der Waals surface area (Å²) in [6.45, 7) is 4.68. The van der Waals surface area contributed by atoms with Crippen LogP contribution in [0, 0.1) is 0 Å². The number of rotatable bonds is 5. The molecular formula is C65H45NO. The van der Waals surface area contributed by atoms with Gasteiger partial charge in [-0.25, -0.2) is 0 Å². The first-order chi connectivity index (χ1) is 33.0. The summed E-state index contributed by atoms with van der Waals surface area (Å²) in [5.74, 6) is 1.79.